The molecule has 0 bridgehead atoms. The minimum Gasteiger partial charge on any atom is -0.343 e. The van der Waals surface area contributed by atoms with E-state index in [0.717, 1.165) is 0 Å². The van der Waals surface area contributed by atoms with Crippen LogP contribution in [0.15, 0.2) is 36.7 Å². The van der Waals surface area contributed by atoms with E-state index in [-0.39, 0.29) is 23.0 Å². The molecule has 0 radical (unpaired) electrons. The molecule has 1 saturated heterocycles. The van der Waals surface area contributed by atoms with E-state index in [4.69, 9.17) is 0 Å². The average molecular weight is 402 g/mol. The fourth-order valence-electron chi connectivity index (χ4n) is 2.76. The van der Waals surface area contributed by atoms with Crippen LogP contribution in [0.2, 0.25) is 0 Å². The summed E-state index contributed by atoms with van der Waals surface area (Å²) in [7, 11) is 0. The van der Waals surface area contributed by atoms with E-state index < -0.39 is 11.3 Å². The molecule has 28 heavy (non-hydrogen) atoms. The van der Waals surface area contributed by atoms with Crippen LogP contribution in [0.5, 0.6) is 0 Å². The summed E-state index contributed by atoms with van der Waals surface area (Å²) in [6.45, 7) is 6.02. The molecule has 148 valence electrons. The van der Waals surface area contributed by atoms with Gasteiger partial charge in [-0.15, -0.1) is 11.8 Å². The summed E-state index contributed by atoms with van der Waals surface area (Å²) in [4.78, 5) is 33.4. The largest absolute Gasteiger partial charge is 0.343 e. The summed E-state index contributed by atoms with van der Waals surface area (Å²) in [5.41, 5.74) is 0.795. The molecule has 0 aliphatic carbocycles. The van der Waals surface area contributed by atoms with Crippen molar-refractivity contribution in [1.82, 2.24) is 15.3 Å². The van der Waals surface area contributed by atoms with E-state index in [9.17, 15) is 14.0 Å². The van der Waals surface area contributed by atoms with Crippen LogP contribution in [0.4, 0.5) is 10.1 Å². The summed E-state index contributed by atoms with van der Waals surface area (Å²) in [6, 6.07) is 5.75. The van der Waals surface area contributed by atoms with Gasteiger partial charge in [-0.25, -0.2) is 14.4 Å². The van der Waals surface area contributed by atoms with Crippen molar-refractivity contribution in [3.05, 3.63) is 53.9 Å². The molecular formula is C20H23FN4O2S. The Hall–Kier alpha value is -2.48. The number of nitrogens with one attached hydrogen (secondary N) is 2. The second-order valence-electron chi connectivity index (χ2n) is 7.71. The van der Waals surface area contributed by atoms with Crippen molar-refractivity contribution >= 4 is 29.3 Å². The monoisotopic (exact) mass is 402 g/mol. The van der Waals surface area contributed by atoms with Gasteiger partial charge in [0.1, 0.15) is 17.7 Å². The van der Waals surface area contributed by atoms with E-state index in [1.807, 2.05) is 20.8 Å². The Labute approximate surface area is 167 Å². The second kappa shape index (κ2) is 8.26. The summed E-state index contributed by atoms with van der Waals surface area (Å²) >= 11 is 1.36. The molecule has 0 saturated carbocycles. The van der Waals surface area contributed by atoms with E-state index in [2.05, 4.69) is 20.6 Å². The van der Waals surface area contributed by atoms with Crippen LogP contribution in [0.1, 0.15) is 32.2 Å². The molecule has 2 amide bonds. The van der Waals surface area contributed by atoms with Crippen LogP contribution in [0.25, 0.3) is 0 Å². The highest BCUT2D eigenvalue weighted by Gasteiger charge is 2.33. The molecule has 1 aliphatic heterocycles. The maximum atomic E-state index is 13.8. The molecular weight excluding hydrogens is 379 g/mol. The lowest BCUT2D eigenvalue weighted by atomic mass is 9.96. The molecule has 2 aromatic rings. The van der Waals surface area contributed by atoms with Crippen molar-refractivity contribution < 1.29 is 14.0 Å². The van der Waals surface area contributed by atoms with E-state index in [1.54, 1.807) is 30.6 Å². The zero-order valence-corrected chi connectivity index (χ0v) is 16.8. The fourth-order valence-corrected chi connectivity index (χ4v) is 3.94. The van der Waals surface area contributed by atoms with Gasteiger partial charge >= 0.3 is 0 Å². The van der Waals surface area contributed by atoms with Crippen molar-refractivity contribution in [1.29, 1.82) is 0 Å². The third-order valence-electron chi connectivity index (χ3n) is 4.34. The Bertz CT molecular complexity index is 867. The number of carbonyl (C=O) groups excluding carboxylic acids is 2. The Kier molecular flexibility index (Phi) is 5.98. The zero-order valence-electron chi connectivity index (χ0n) is 16.0. The molecule has 1 aliphatic rings. The van der Waals surface area contributed by atoms with Gasteiger partial charge < -0.3 is 10.6 Å². The van der Waals surface area contributed by atoms with Crippen LogP contribution >= 0.6 is 11.8 Å². The summed E-state index contributed by atoms with van der Waals surface area (Å²) < 4.78 is 13.8. The maximum Gasteiger partial charge on any atom is 0.247 e. The Morgan fingerprint density at radius 1 is 1.29 bits per heavy atom. The van der Waals surface area contributed by atoms with Gasteiger partial charge in [-0.2, -0.15) is 0 Å². The predicted molar refractivity (Wildman–Crippen MR) is 108 cm³/mol. The number of nitrogens with zero attached hydrogens (tertiary/aromatic N) is 2. The average Bonchev–Trinajstić information content (AvgIpc) is 2.64. The van der Waals surface area contributed by atoms with Crippen molar-refractivity contribution in [3.8, 4) is 0 Å². The van der Waals surface area contributed by atoms with Gasteiger partial charge in [-0.3, -0.25) is 9.59 Å². The molecule has 1 fully saturated rings. The first kappa shape index (κ1) is 20.3. The fraction of sp³-hybridized carbons (Fsp3) is 0.400. The lowest BCUT2D eigenvalue weighted by Gasteiger charge is -2.28. The Balaban J connectivity index is 1.57. The number of hydrogen-bond acceptors (Lipinski definition) is 5. The van der Waals surface area contributed by atoms with Gasteiger partial charge in [0.15, 0.2) is 0 Å². The molecule has 2 atom stereocenters. The van der Waals surface area contributed by atoms with Crippen LogP contribution in [0.3, 0.4) is 0 Å². The lowest BCUT2D eigenvalue weighted by molar-refractivity contribution is -0.126. The first-order valence-electron chi connectivity index (χ1n) is 9.03. The molecule has 0 unspecified atom stereocenters. The van der Waals surface area contributed by atoms with Crippen LogP contribution < -0.4 is 10.6 Å². The minimum atomic E-state index is -0.656. The van der Waals surface area contributed by atoms with E-state index >= 15 is 0 Å². The number of anilines is 1. The normalized spacial score (nSPS) is 19.8. The quantitative estimate of drug-likeness (QED) is 0.822. The molecule has 2 N–H and O–H groups in total. The van der Waals surface area contributed by atoms with E-state index in [1.165, 1.54) is 17.8 Å². The number of halogens is 1. The smallest absolute Gasteiger partial charge is 0.247 e. The van der Waals surface area contributed by atoms with Gasteiger partial charge in [0.25, 0.3) is 0 Å². The number of carbonyl (C=O) groups is 2. The molecule has 2 heterocycles. The van der Waals surface area contributed by atoms with Gasteiger partial charge in [0.2, 0.25) is 11.8 Å². The van der Waals surface area contributed by atoms with Crippen molar-refractivity contribution in [3.63, 3.8) is 0 Å². The number of thioether (sulfide) groups is 1. The first-order valence-corrected chi connectivity index (χ1v) is 10.1. The maximum absolute atomic E-state index is 13.8. The van der Waals surface area contributed by atoms with Crippen LogP contribution in [-0.4, -0.2) is 38.8 Å². The lowest BCUT2D eigenvalue weighted by Crippen LogP contribution is -2.52. The topological polar surface area (TPSA) is 84.0 Å². The third-order valence-corrected chi connectivity index (χ3v) is 5.65. The second-order valence-corrected chi connectivity index (χ2v) is 8.95. The number of amides is 2. The highest BCUT2D eigenvalue weighted by Crippen LogP contribution is 2.24. The summed E-state index contributed by atoms with van der Waals surface area (Å²) in [6.07, 6.45) is 3.41. The number of benzene rings is 1. The predicted octanol–water partition coefficient (Wildman–Crippen LogP) is 2.69. The standard InChI is InChI=1S/C20H23FN4O2S/c1-20(2,3)19-22-9-13(10-23-19)24-17(26)15-11-28-16(18(27)25-15)8-12-6-4-5-7-14(12)21/h4-7,9-10,15-16H,8,11H2,1-3H3,(H,24,26)(H,25,27)/t15-,16-/m0/s1. The molecule has 6 nitrogen and oxygen atoms in total. The number of hydrogen-bond donors (Lipinski definition) is 2. The van der Waals surface area contributed by atoms with Crippen molar-refractivity contribution in [2.45, 2.75) is 43.9 Å². The number of aromatic nitrogens is 2. The highest BCUT2D eigenvalue weighted by atomic mass is 32.2. The van der Waals surface area contributed by atoms with Gasteiger partial charge in [0, 0.05) is 11.2 Å². The summed E-state index contributed by atoms with van der Waals surface area (Å²) in [5.74, 6) is 0.186. The van der Waals surface area contributed by atoms with Gasteiger partial charge in [-0.05, 0) is 18.1 Å². The molecule has 3 rings (SSSR count). The van der Waals surface area contributed by atoms with E-state index in [0.29, 0.717) is 29.2 Å². The van der Waals surface area contributed by atoms with Gasteiger partial charge in [-0.1, -0.05) is 39.0 Å². The zero-order chi connectivity index (χ0) is 20.3. The third kappa shape index (κ3) is 4.86. The highest BCUT2D eigenvalue weighted by molar-refractivity contribution is 8.00. The summed E-state index contributed by atoms with van der Waals surface area (Å²) in [5, 5.41) is 5.04. The molecule has 1 aromatic heterocycles. The first-order chi connectivity index (χ1) is 13.2. The van der Waals surface area contributed by atoms with Crippen molar-refractivity contribution in [2.75, 3.05) is 11.1 Å². The van der Waals surface area contributed by atoms with Crippen molar-refractivity contribution in [2.24, 2.45) is 0 Å². The molecule has 0 spiro atoms. The van der Waals surface area contributed by atoms with Crippen LogP contribution in [-0.2, 0) is 21.4 Å². The molecule has 1 aromatic carbocycles. The Morgan fingerprint density at radius 2 is 1.96 bits per heavy atom. The molecule has 8 heteroatoms. The van der Waals surface area contributed by atoms with Crippen LogP contribution in [0, 0.1) is 5.82 Å². The van der Waals surface area contributed by atoms with Gasteiger partial charge in [0.05, 0.1) is 23.3 Å². The Morgan fingerprint density at radius 3 is 2.57 bits per heavy atom. The minimum absolute atomic E-state index is 0.177. The number of rotatable bonds is 4. The SMILES string of the molecule is CC(C)(C)c1ncc(NC(=O)[C@@H]2CS[C@@H](Cc3ccccc3F)C(=O)N2)cn1.